The summed E-state index contributed by atoms with van der Waals surface area (Å²) in [6, 6.07) is 3.54. The fourth-order valence-electron chi connectivity index (χ4n) is 3.87. The minimum Gasteiger partial charge on any atom is -0.456 e. The summed E-state index contributed by atoms with van der Waals surface area (Å²) in [5.41, 5.74) is -0.239. The van der Waals surface area contributed by atoms with Crippen LogP contribution in [0.4, 0.5) is 0 Å². The van der Waals surface area contributed by atoms with E-state index >= 15 is 0 Å². The molecule has 3 fully saturated rings. The van der Waals surface area contributed by atoms with Crippen molar-refractivity contribution in [3.8, 4) is 0 Å². The van der Waals surface area contributed by atoms with Gasteiger partial charge >= 0.3 is 0 Å². The minimum absolute atomic E-state index is 0.0355. The number of nitrogens with zero attached hydrogens (tertiary/aromatic N) is 1. The molecule has 0 aromatic carbocycles. The van der Waals surface area contributed by atoms with Crippen LogP contribution in [-0.4, -0.2) is 48.1 Å². The third kappa shape index (κ3) is 3.59. The summed E-state index contributed by atoms with van der Waals surface area (Å²) >= 11 is 0. The van der Waals surface area contributed by atoms with E-state index in [9.17, 15) is 9.59 Å². The fourth-order valence-corrected chi connectivity index (χ4v) is 3.87. The molecule has 1 N–H and O–H groups in total. The van der Waals surface area contributed by atoms with Gasteiger partial charge in [-0.2, -0.15) is 0 Å². The monoisotopic (exact) mass is 346 g/mol. The summed E-state index contributed by atoms with van der Waals surface area (Å²) < 4.78 is 11.6. The molecule has 2 amide bonds. The number of piperidine rings is 1. The number of nitrogens with one attached hydrogen (secondary N) is 1. The van der Waals surface area contributed by atoms with Crippen LogP contribution in [0.1, 0.15) is 54.8 Å². The van der Waals surface area contributed by atoms with Gasteiger partial charge in [-0.3, -0.25) is 9.59 Å². The molecule has 0 radical (unpaired) electrons. The molecular weight excluding hydrogens is 320 g/mol. The Labute approximate surface area is 147 Å². The Morgan fingerprint density at radius 3 is 2.60 bits per heavy atom. The normalized spacial score (nSPS) is 25.3. The van der Waals surface area contributed by atoms with Gasteiger partial charge in [-0.1, -0.05) is 0 Å². The molecule has 136 valence electrons. The van der Waals surface area contributed by atoms with Gasteiger partial charge in [-0.05, 0) is 63.5 Å². The molecule has 1 saturated carbocycles. The Bertz CT molecular complexity index is 656. The largest absolute Gasteiger partial charge is 0.456 e. The maximum Gasteiger partial charge on any atom is 0.289 e. The van der Waals surface area contributed by atoms with Crippen molar-refractivity contribution in [3.63, 3.8) is 0 Å². The van der Waals surface area contributed by atoms with Gasteiger partial charge < -0.3 is 19.4 Å². The number of hydrogen-bond donors (Lipinski definition) is 1. The number of carbonyl (C=O) groups is 2. The van der Waals surface area contributed by atoms with Crippen molar-refractivity contribution in [1.29, 1.82) is 0 Å². The third-order valence-corrected chi connectivity index (χ3v) is 5.72. The molecule has 2 aliphatic heterocycles. The second kappa shape index (κ2) is 6.48. The van der Waals surface area contributed by atoms with Gasteiger partial charge in [0.05, 0.1) is 5.60 Å². The van der Waals surface area contributed by atoms with Crippen molar-refractivity contribution in [3.05, 3.63) is 23.7 Å². The number of furan rings is 1. The van der Waals surface area contributed by atoms with Crippen molar-refractivity contribution in [1.82, 2.24) is 10.2 Å². The third-order valence-electron chi connectivity index (χ3n) is 5.72. The predicted octanol–water partition coefficient (Wildman–Crippen LogP) is 2.27. The zero-order valence-electron chi connectivity index (χ0n) is 14.8. The number of carbonyl (C=O) groups excluding carboxylic acids is 2. The van der Waals surface area contributed by atoms with Crippen LogP contribution < -0.4 is 5.32 Å². The molecule has 6 heteroatoms. The lowest BCUT2D eigenvalue weighted by atomic mass is 9.88. The maximum atomic E-state index is 12.5. The highest BCUT2D eigenvalue weighted by atomic mass is 16.5. The molecule has 6 nitrogen and oxygen atoms in total. The van der Waals surface area contributed by atoms with E-state index in [0.717, 1.165) is 38.0 Å². The van der Waals surface area contributed by atoms with E-state index < -0.39 is 0 Å². The van der Waals surface area contributed by atoms with E-state index in [1.807, 2.05) is 17.9 Å². The molecule has 1 aromatic rings. The Morgan fingerprint density at radius 1 is 1.20 bits per heavy atom. The van der Waals surface area contributed by atoms with Crippen molar-refractivity contribution < 1.29 is 18.7 Å². The molecule has 4 rings (SSSR count). The molecule has 1 aromatic heterocycles. The topological polar surface area (TPSA) is 71.8 Å². The van der Waals surface area contributed by atoms with Gasteiger partial charge in [0.1, 0.15) is 11.9 Å². The van der Waals surface area contributed by atoms with Crippen LogP contribution in [0.15, 0.2) is 16.5 Å². The lowest BCUT2D eigenvalue weighted by Crippen LogP contribution is -2.47. The Morgan fingerprint density at radius 2 is 1.96 bits per heavy atom. The summed E-state index contributed by atoms with van der Waals surface area (Å²) in [6.07, 6.45) is 5.38. The summed E-state index contributed by atoms with van der Waals surface area (Å²) in [7, 11) is 0. The molecule has 1 spiro atoms. The highest BCUT2D eigenvalue weighted by molar-refractivity contribution is 5.91. The van der Waals surface area contributed by atoms with Crippen molar-refractivity contribution in [2.45, 2.75) is 57.2 Å². The minimum atomic E-state index is -0.325. The highest BCUT2D eigenvalue weighted by Gasteiger charge is 2.45. The van der Waals surface area contributed by atoms with Crippen molar-refractivity contribution in [2.24, 2.45) is 5.92 Å². The van der Waals surface area contributed by atoms with Crippen molar-refractivity contribution in [2.75, 3.05) is 19.6 Å². The van der Waals surface area contributed by atoms with E-state index in [4.69, 9.17) is 9.15 Å². The highest BCUT2D eigenvalue weighted by Crippen LogP contribution is 2.39. The lowest BCUT2D eigenvalue weighted by Gasteiger charge is -2.38. The Kier molecular flexibility index (Phi) is 4.31. The molecule has 3 heterocycles. The van der Waals surface area contributed by atoms with Gasteiger partial charge in [0.15, 0.2) is 5.76 Å². The quantitative estimate of drug-likeness (QED) is 0.908. The van der Waals surface area contributed by atoms with Crippen LogP contribution in [0, 0.1) is 12.8 Å². The first kappa shape index (κ1) is 16.6. The zero-order valence-corrected chi connectivity index (χ0v) is 14.8. The van der Waals surface area contributed by atoms with Gasteiger partial charge in [-0.25, -0.2) is 0 Å². The lowest BCUT2D eigenvalue weighted by molar-refractivity contribution is -0.140. The van der Waals surface area contributed by atoms with Crippen molar-refractivity contribution >= 4 is 11.8 Å². The first-order valence-electron chi connectivity index (χ1n) is 9.36. The SMILES string of the molecule is Cc1ccc(C(=O)N2CCC3(CCC(C(=O)NCC4CC4)O3)CC2)o1. The molecule has 1 unspecified atom stereocenters. The molecule has 1 aliphatic carbocycles. The fraction of sp³-hybridized carbons (Fsp3) is 0.684. The Hall–Kier alpha value is -1.82. The average Bonchev–Trinajstić information content (AvgIpc) is 3.21. The summed E-state index contributed by atoms with van der Waals surface area (Å²) in [6.45, 7) is 3.92. The number of amides is 2. The summed E-state index contributed by atoms with van der Waals surface area (Å²) in [5, 5.41) is 3.02. The molecule has 1 atom stereocenters. The number of ether oxygens (including phenoxy) is 1. The van der Waals surface area contributed by atoms with Crippen LogP contribution >= 0.6 is 0 Å². The second-order valence-corrected chi connectivity index (χ2v) is 7.72. The van der Waals surface area contributed by atoms with E-state index in [-0.39, 0.29) is 23.5 Å². The van der Waals surface area contributed by atoms with Crippen LogP contribution in [0.5, 0.6) is 0 Å². The smallest absolute Gasteiger partial charge is 0.289 e. The zero-order chi connectivity index (χ0) is 17.4. The van der Waals surface area contributed by atoms with Crippen LogP contribution in [0.25, 0.3) is 0 Å². The van der Waals surface area contributed by atoms with E-state index in [1.165, 1.54) is 12.8 Å². The van der Waals surface area contributed by atoms with E-state index in [2.05, 4.69) is 5.32 Å². The van der Waals surface area contributed by atoms with Crippen LogP contribution in [0.2, 0.25) is 0 Å². The second-order valence-electron chi connectivity index (χ2n) is 7.72. The molecule has 0 bridgehead atoms. The first-order valence-corrected chi connectivity index (χ1v) is 9.36. The maximum absolute atomic E-state index is 12.5. The first-order chi connectivity index (χ1) is 12.0. The van der Waals surface area contributed by atoms with Gasteiger partial charge in [0.25, 0.3) is 5.91 Å². The molecule has 2 saturated heterocycles. The molecular formula is C19H26N2O4. The van der Waals surface area contributed by atoms with E-state index in [1.54, 1.807) is 6.07 Å². The number of likely N-dealkylation sites (tertiary alicyclic amines) is 1. The predicted molar refractivity (Wildman–Crippen MR) is 91.2 cm³/mol. The molecule has 25 heavy (non-hydrogen) atoms. The van der Waals surface area contributed by atoms with Gasteiger partial charge in [-0.15, -0.1) is 0 Å². The van der Waals surface area contributed by atoms with Crippen LogP contribution in [0.3, 0.4) is 0 Å². The number of hydrogen-bond acceptors (Lipinski definition) is 4. The van der Waals surface area contributed by atoms with E-state index in [0.29, 0.717) is 24.8 Å². The van der Waals surface area contributed by atoms with Gasteiger partial charge in [0.2, 0.25) is 5.91 Å². The summed E-state index contributed by atoms with van der Waals surface area (Å²) in [4.78, 5) is 26.5. The van der Waals surface area contributed by atoms with Gasteiger partial charge in [0, 0.05) is 19.6 Å². The standard InChI is InChI=1S/C19H26N2O4/c1-13-2-5-16(24-13)18(23)21-10-8-19(9-11-21)7-6-15(25-19)17(22)20-12-14-3-4-14/h2,5,14-15H,3-4,6-12H2,1H3,(H,20,22). The molecule has 3 aliphatic rings. The number of aryl methyl sites for hydroxylation is 1. The Balaban J connectivity index is 1.29. The average molecular weight is 346 g/mol. The van der Waals surface area contributed by atoms with Crippen LogP contribution in [-0.2, 0) is 9.53 Å². The summed E-state index contributed by atoms with van der Waals surface area (Å²) in [5.74, 6) is 1.81. The number of rotatable bonds is 4.